The van der Waals surface area contributed by atoms with Gasteiger partial charge in [-0.2, -0.15) is 0 Å². The molecule has 1 N–H and O–H groups in total. The first-order valence-electron chi connectivity index (χ1n) is 7.70. The van der Waals surface area contributed by atoms with Crippen LogP contribution in [-0.2, 0) is 6.54 Å². The molecule has 134 valence electrons. The number of hydrogen-bond acceptors (Lipinski definition) is 3. The average Bonchev–Trinajstić information content (AvgIpc) is 2.60. The maximum atomic E-state index is 13.3. The Labute approximate surface area is 151 Å². The van der Waals surface area contributed by atoms with Crippen molar-refractivity contribution < 1.29 is 18.7 Å². The van der Waals surface area contributed by atoms with Gasteiger partial charge in [0.05, 0.1) is 24.9 Å². The van der Waals surface area contributed by atoms with Crippen LogP contribution in [0.2, 0.25) is 5.02 Å². The number of nitrogens with zero attached hydrogens (tertiary/aromatic N) is 1. The van der Waals surface area contributed by atoms with E-state index >= 15 is 0 Å². The van der Waals surface area contributed by atoms with Gasteiger partial charge in [0, 0.05) is 19.2 Å². The van der Waals surface area contributed by atoms with Crippen LogP contribution in [0.1, 0.15) is 12.5 Å². The van der Waals surface area contributed by atoms with Crippen molar-refractivity contribution in [2.24, 2.45) is 0 Å². The van der Waals surface area contributed by atoms with Crippen LogP contribution in [-0.4, -0.2) is 31.7 Å². The molecule has 0 radical (unpaired) electrons. The minimum absolute atomic E-state index is 0.284. The fraction of sp³-hybridized carbons (Fsp3) is 0.278. The number of carbonyl (C=O) groups is 1. The van der Waals surface area contributed by atoms with Gasteiger partial charge in [0.2, 0.25) is 0 Å². The van der Waals surface area contributed by atoms with E-state index in [0.29, 0.717) is 34.3 Å². The molecule has 0 saturated carbocycles. The maximum Gasteiger partial charge on any atom is 0.322 e. The van der Waals surface area contributed by atoms with Gasteiger partial charge in [-0.1, -0.05) is 23.7 Å². The second kappa shape index (κ2) is 8.58. The molecule has 0 aromatic heterocycles. The molecule has 25 heavy (non-hydrogen) atoms. The van der Waals surface area contributed by atoms with Crippen LogP contribution in [0.4, 0.5) is 14.9 Å². The summed E-state index contributed by atoms with van der Waals surface area (Å²) in [6.07, 6.45) is 0. The van der Waals surface area contributed by atoms with Gasteiger partial charge in [-0.25, -0.2) is 9.18 Å². The van der Waals surface area contributed by atoms with Crippen LogP contribution >= 0.6 is 11.6 Å². The summed E-state index contributed by atoms with van der Waals surface area (Å²) in [5, 5.41) is 3.12. The zero-order valence-corrected chi connectivity index (χ0v) is 15.1. The van der Waals surface area contributed by atoms with Crippen LogP contribution in [0.3, 0.4) is 0 Å². The number of urea groups is 1. The highest BCUT2D eigenvalue weighted by Gasteiger charge is 2.17. The Kier molecular flexibility index (Phi) is 6.47. The van der Waals surface area contributed by atoms with Crippen molar-refractivity contribution in [3.8, 4) is 11.5 Å². The third kappa shape index (κ3) is 4.76. The zero-order chi connectivity index (χ0) is 18.4. The monoisotopic (exact) mass is 366 g/mol. The number of rotatable bonds is 6. The fourth-order valence-corrected chi connectivity index (χ4v) is 2.58. The lowest BCUT2D eigenvalue weighted by atomic mass is 10.2. The predicted molar refractivity (Wildman–Crippen MR) is 96.1 cm³/mol. The van der Waals surface area contributed by atoms with E-state index in [1.165, 1.54) is 26.4 Å². The van der Waals surface area contributed by atoms with E-state index in [-0.39, 0.29) is 18.4 Å². The standard InChI is InChI=1S/C18H20ClFN2O3/c1-4-22(11-12-6-5-7-13(20)8-12)18(23)21-15-9-14(19)16(24-2)10-17(15)25-3/h5-10H,4,11H2,1-3H3,(H,21,23). The molecule has 0 aliphatic carbocycles. The molecule has 2 amide bonds. The topological polar surface area (TPSA) is 50.8 Å². The van der Waals surface area contributed by atoms with E-state index in [4.69, 9.17) is 21.1 Å². The van der Waals surface area contributed by atoms with Gasteiger partial charge in [-0.15, -0.1) is 0 Å². The molecule has 0 spiro atoms. The lowest BCUT2D eigenvalue weighted by Crippen LogP contribution is -2.34. The highest BCUT2D eigenvalue weighted by Crippen LogP contribution is 2.36. The second-order valence-corrected chi connectivity index (χ2v) is 5.67. The smallest absolute Gasteiger partial charge is 0.322 e. The summed E-state index contributed by atoms with van der Waals surface area (Å²) in [6, 6.07) is 8.97. The van der Waals surface area contributed by atoms with E-state index in [2.05, 4.69) is 5.32 Å². The summed E-state index contributed by atoms with van der Waals surface area (Å²) in [5.41, 5.74) is 1.13. The molecule has 0 heterocycles. The summed E-state index contributed by atoms with van der Waals surface area (Å²) in [4.78, 5) is 14.1. The molecule has 0 bridgehead atoms. The Morgan fingerprint density at radius 1 is 1.20 bits per heavy atom. The molecule has 5 nitrogen and oxygen atoms in total. The van der Waals surface area contributed by atoms with E-state index in [1.807, 2.05) is 6.92 Å². The molecular formula is C18H20ClFN2O3. The van der Waals surface area contributed by atoms with Gasteiger partial charge in [0.25, 0.3) is 0 Å². The molecule has 0 fully saturated rings. The number of carbonyl (C=O) groups excluding carboxylic acids is 1. The number of methoxy groups -OCH3 is 2. The highest BCUT2D eigenvalue weighted by molar-refractivity contribution is 6.32. The Morgan fingerprint density at radius 2 is 1.92 bits per heavy atom. The van der Waals surface area contributed by atoms with Crippen molar-refractivity contribution in [2.75, 3.05) is 26.1 Å². The molecule has 7 heteroatoms. The maximum absolute atomic E-state index is 13.3. The Bertz CT molecular complexity index is 755. The van der Waals surface area contributed by atoms with Crippen molar-refractivity contribution in [2.45, 2.75) is 13.5 Å². The van der Waals surface area contributed by atoms with Gasteiger partial charge in [0.1, 0.15) is 17.3 Å². The number of halogens is 2. The first-order chi connectivity index (χ1) is 12.0. The van der Waals surface area contributed by atoms with Crippen LogP contribution in [0.5, 0.6) is 11.5 Å². The van der Waals surface area contributed by atoms with E-state index < -0.39 is 0 Å². The molecule has 0 aliphatic heterocycles. The molecular weight excluding hydrogens is 347 g/mol. The quantitative estimate of drug-likeness (QED) is 0.815. The van der Waals surface area contributed by atoms with E-state index in [0.717, 1.165) is 0 Å². The van der Waals surface area contributed by atoms with E-state index in [1.54, 1.807) is 29.2 Å². The largest absolute Gasteiger partial charge is 0.495 e. The number of nitrogens with one attached hydrogen (secondary N) is 1. The lowest BCUT2D eigenvalue weighted by Gasteiger charge is -2.22. The number of amides is 2. The molecule has 0 unspecified atom stereocenters. The summed E-state index contributed by atoms with van der Waals surface area (Å²) in [7, 11) is 2.99. The van der Waals surface area contributed by atoms with Crippen LogP contribution < -0.4 is 14.8 Å². The Hall–Kier alpha value is -2.47. The minimum Gasteiger partial charge on any atom is -0.495 e. The SMILES string of the molecule is CCN(Cc1cccc(F)c1)C(=O)Nc1cc(Cl)c(OC)cc1OC. The fourth-order valence-electron chi connectivity index (χ4n) is 2.33. The van der Waals surface area contributed by atoms with Crippen molar-refractivity contribution >= 4 is 23.3 Å². The molecule has 2 aromatic rings. The Balaban J connectivity index is 2.17. The normalized spacial score (nSPS) is 10.3. The molecule has 2 aromatic carbocycles. The van der Waals surface area contributed by atoms with E-state index in [9.17, 15) is 9.18 Å². The average molecular weight is 367 g/mol. The van der Waals surface area contributed by atoms with Gasteiger partial charge < -0.3 is 19.7 Å². The first kappa shape index (κ1) is 18.9. The second-order valence-electron chi connectivity index (χ2n) is 5.26. The third-order valence-corrected chi connectivity index (χ3v) is 3.94. The summed E-state index contributed by atoms with van der Waals surface area (Å²) in [5.74, 6) is 0.539. The first-order valence-corrected chi connectivity index (χ1v) is 8.08. The number of benzene rings is 2. The van der Waals surface area contributed by atoms with Crippen molar-refractivity contribution in [1.82, 2.24) is 4.90 Å². The highest BCUT2D eigenvalue weighted by atomic mass is 35.5. The minimum atomic E-state index is -0.341. The summed E-state index contributed by atoms with van der Waals surface area (Å²) < 4.78 is 23.7. The lowest BCUT2D eigenvalue weighted by molar-refractivity contribution is 0.212. The van der Waals surface area contributed by atoms with Gasteiger partial charge >= 0.3 is 6.03 Å². The van der Waals surface area contributed by atoms with Crippen molar-refractivity contribution in [3.05, 3.63) is 52.8 Å². The zero-order valence-electron chi connectivity index (χ0n) is 14.3. The van der Waals surface area contributed by atoms with Crippen molar-refractivity contribution in [3.63, 3.8) is 0 Å². The van der Waals surface area contributed by atoms with Gasteiger partial charge in [-0.05, 0) is 30.7 Å². The van der Waals surface area contributed by atoms with Gasteiger partial charge in [-0.3, -0.25) is 0 Å². The van der Waals surface area contributed by atoms with Crippen LogP contribution in [0.25, 0.3) is 0 Å². The van der Waals surface area contributed by atoms with Crippen LogP contribution in [0, 0.1) is 5.82 Å². The molecule has 2 rings (SSSR count). The molecule has 0 aliphatic rings. The number of anilines is 1. The van der Waals surface area contributed by atoms with Crippen LogP contribution in [0.15, 0.2) is 36.4 Å². The third-order valence-electron chi connectivity index (χ3n) is 3.65. The predicted octanol–water partition coefficient (Wildman–Crippen LogP) is 4.55. The number of ether oxygens (including phenoxy) is 2. The van der Waals surface area contributed by atoms with Crippen molar-refractivity contribution in [1.29, 1.82) is 0 Å². The Morgan fingerprint density at radius 3 is 2.52 bits per heavy atom. The van der Waals surface area contributed by atoms with Gasteiger partial charge in [0.15, 0.2) is 0 Å². The molecule has 0 saturated heterocycles. The summed E-state index contributed by atoms with van der Waals surface area (Å²) in [6.45, 7) is 2.58. The summed E-state index contributed by atoms with van der Waals surface area (Å²) >= 11 is 6.12. The molecule has 0 atom stereocenters. The number of hydrogen-bond donors (Lipinski definition) is 1.